The van der Waals surface area contributed by atoms with Gasteiger partial charge in [-0.05, 0) is 45.0 Å². The van der Waals surface area contributed by atoms with Gasteiger partial charge < -0.3 is 20.3 Å². The predicted octanol–water partition coefficient (Wildman–Crippen LogP) is 3.33. The molecule has 7 nitrogen and oxygen atoms in total. The standard InChI is InChI=1S/C22H25F3N4O3/c1-21(2,3)32-20(31)29-12-10-28(11-13-29)19(30)9-4-16(14-26)15-27-18-7-5-17(6-8-18)22(23,24)25/h5-8,14-15H,10-13,26H2,1-3H3. The molecular weight excluding hydrogens is 425 g/mol. The van der Waals surface area contributed by atoms with Crippen molar-refractivity contribution in [1.82, 2.24) is 9.80 Å². The van der Waals surface area contributed by atoms with Crippen LogP contribution in [-0.2, 0) is 15.7 Å². The van der Waals surface area contributed by atoms with Crippen molar-refractivity contribution in [2.24, 2.45) is 10.7 Å². The number of rotatable bonds is 2. The number of halogens is 3. The van der Waals surface area contributed by atoms with E-state index in [4.69, 9.17) is 10.5 Å². The first-order valence-corrected chi connectivity index (χ1v) is 9.81. The van der Waals surface area contributed by atoms with Gasteiger partial charge in [0.25, 0.3) is 5.91 Å². The number of hydrogen-bond donors (Lipinski definition) is 1. The Morgan fingerprint density at radius 3 is 2.09 bits per heavy atom. The largest absolute Gasteiger partial charge is 0.444 e. The molecule has 0 unspecified atom stereocenters. The lowest BCUT2D eigenvalue weighted by Crippen LogP contribution is -2.51. The molecule has 1 aliphatic rings. The van der Waals surface area contributed by atoms with E-state index in [1.165, 1.54) is 28.1 Å². The van der Waals surface area contributed by atoms with Crippen LogP contribution in [0.25, 0.3) is 0 Å². The molecule has 0 aromatic heterocycles. The quantitative estimate of drug-likeness (QED) is 0.553. The van der Waals surface area contributed by atoms with Crippen LogP contribution in [0.2, 0.25) is 0 Å². The van der Waals surface area contributed by atoms with Crippen LogP contribution in [0.15, 0.2) is 41.0 Å². The summed E-state index contributed by atoms with van der Waals surface area (Å²) in [5, 5.41) is 0. The van der Waals surface area contributed by atoms with Crippen molar-refractivity contribution in [3.8, 4) is 11.8 Å². The average Bonchev–Trinajstić information content (AvgIpc) is 2.72. The number of amides is 2. The summed E-state index contributed by atoms with van der Waals surface area (Å²) in [7, 11) is 0. The molecule has 32 heavy (non-hydrogen) atoms. The molecule has 1 aromatic carbocycles. The van der Waals surface area contributed by atoms with Crippen LogP contribution in [-0.4, -0.2) is 59.8 Å². The second-order valence-electron chi connectivity index (χ2n) is 7.93. The monoisotopic (exact) mass is 450 g/mol. The summed E-state index contributed by atoms with van der Waals surface area (Å²) in [4.78, 5) is 31.5. The Labute approximate surface area is 184 Å². The third-order valence-corrected chi connectivity index (χ3v) is 4.26. The van der Waals surface area contributed by atoms with Gasteiger partial charge in [-0.15, -0.1) is 0 Å². The molecule has 0 spiro atoms. The normalized spacial score (nSPS) is 15.4. The fraction of sp³-hybridized carbons (Fsp3) is 0.409. The van der Waals surface area contributed by atoms with Gasteiger partial charge in [-0.2, -0.15) is 13.2 Å². The van der Waals surface area contributed by atoms with Crippen LogP contribution in [0.3, 0.4) is 0 Å². The maximum Gasteiger partial charge on any atom is 0.416 e. The van der Waals surface area contributed by atoms with Gasteiger partial charge in [0, 0.05) is 44.5 Å². The Kier molecular flexibility index (Phi) is 7.92. The van der Waals surface area contributed by atoms with Crippen molar-refractivity contribution in [1.29, 1.82) is 0 Å². The first kappa shape index (κ1) is 24.8. The molecule has 1 aromatic rings. The minimum absolute atomic E-state index is 0.227. The van der Waals surface area contributed by atoms with E-state index in [9.17, 15) is 22.8 Å². The van der Waals surface area contributed by atoms with Crippen molar-refractivity contribution in [3.05, 3.63) is 41.6 Å². The number of carbonyl (C=O) groups is 2. The Balaban J connectivity index is 1.92. The number of carbonyl (C=O) groups excluding carboxylic acids is 2. The second kappa shape index (κ2) is 10.2. The van der Waals surface area contributed by atoms with Gasteiger partial charge in [-0.25, -0.2) is 4.79 Å². The molecule has 2 amide bonds. The highest BCUT2D eigenvalue weighted by atomic mass is 19.4. The van der Waals surface area contributed by atoms with E-state index in [0.29, 0.717) is 26.2 Å². The molecule has 1 saturated heterocycles. The number of allylic oxidation sites excluding steroid dienone is 1. The van der Waals surface area contributed by atoms with Crippen LogP contribution < -0.4 is 5.73 Å². The van der Waals surface area contributed by atoms with Gasteiger partial charge in [0.05, 0.1) is 16.8 Å². The Bertz CT molecular complexity index is 944. The number of benzene rings is 1. The number of hydrogen-bond acceptors (Lipinski definition) is 5. The van der Waals surface area contributed by atoms with E-state index in [2.05, 4.69) is 16.8 Å². The van der Waals surface area contributed by atoms with Gasteiger partial charge in [0.2, 0.25) is 0 Å². The van der Waals surface area contributed by atoms with E-state index in [1.807, 2.05) is 0 Å². The number of aliphatic imine (C=N–C) groups is 1. The van der Waals surface area contributed by atoms with Crippen molar-refractivity contribution in [2.45, 2.75) is 32.5 Å². The molecule has 1 aliphatic heterocycles. The molecule has 2 N–H and O–H groups in total. The summed E-state index contributed by atoms with van der Waals surface area (Å²) in [6.45, 7) is 6.63. The summed E-state index contributed by atoms with van der Waals surface area (Å²) < 4.78 is 43.1. The van der Waals surface area contributed by atoms with Gasteiger partial charge in [0.15, 0.2) is 0 Å². The Hall–Kier alpha value is -3.48. The van der Waals surface area contributed by atoms with E-state index in [0.717, 1.165) is 18.3 Å². The number of piperazine rings is 1. The minimum atomic E-state index is -4.42. The van der Waals surface area contributed by atoms with Gasteiger partial charge in [-0.1, -0.05) is 5.92 Å². The molecule has 172 valence electrons. The van der Waals surface area contributed by atoms with Crippen molar-refractivity contribution >= 4 is 23.9 Å². The van der Waals surface area contributed by atoms with Crippen LogP contribution in [0.4, 0.5) is 23.7 Å². The maximum atomic E-state index is 12.6. The van der Waals surface area contributed by atoms with Gasteiger partial charge >= 0.3 is 12.3 Å². The van der Waals surface area contributed by atoms with Gasteiger partial charge in [0.1, 0.15) is 5.60 Å². The Morgan fingerprint density at radius 1 is 1.03 bits per heavy atom. The second-order valence-corrected chi connectivity index (χ2v) is 7.93. The van der Waals surface area contributed by atoms with E-state index >= 15 is 0 Å². The molecular formula is C22H25F3N4O3. The van der Waals surface area contributed by atoms with Crippen molar-refractivity contribution in [2.75, 3.05) is 26.2 Å². The molecule has 1 fully saturated rings. The lowest BCUT2D eigenvalue weighted by Gasteiger charge is -2.34. The van der Waals surface area contributed by atoms with E-state index < -0.39 is 29.3 Å². The summed E-state index contributed by atoms with van der Waals surface area (Å²) in [6.07, 6.45) is -2.43. The third kappa shape index (κ3) is 7.65. The van der Waals surface area contributed by atoms with Crippen molar-refractivity contribution in [3.63, 3.8) is 0 Å². The molecule has 0 bridgehead atoms. The highest BCUT2D eigenvalue weighted by Crippen LogP contribution is 2.30. The minimum Gasteiger partial charge on any atom is -0.444 e. The molecule has 0 atom stereocenters. The lowest BCUT2D eigenvalue weighted by molar-refractivity contribution is -0.137. The van der Waals surface area contributed by atoms with Gasteiger partial charge in [-0.3, -0.25) is 9.79 Å². The summed E-state index contributed by atoms with van der Waals surface area (Å²) in [5.41, 5.74) is 4.64. The number of nitrogens with two attached hydrogens (primary N) is 1. The van der Waals surface area contributed by atoms with E-state index in [-0.39, 0.29) is 11.3 Å². The zero-order chi connectivity index (χ0) is 23.9. The zero-order valence-electron chi connectivity index (χ0n) is 18.1. The first-order chi connectivity index (χ1) is 14.9. The summed E-state index contributed by atoms with van der Waals surface area (Å²) in [6, 6.07) is 4.28. The highest BCUT2D eigenvalue weighted by molar-refractivity contribution is 5.97. The third-order valence-electron chi connectivity index (χ3n) is 4.26. The molecule has 2 rings (SSSR count). The van der Waals surface area contributed by atoms with Crippen LogP contribution >= 0.6 is 0 Å². The molecule has 1 heterocycles. The van der Waals surface area contributed by atoms with Crippen molar-refractivity contribution < 1.29 is 27.5 Å². The smallest absolute Gasteiger partial charge is 0.416 e. The number of ether oxygens (including phenoxy) is 1. The summed E-state index contributed by atoms with van der Waals surface area (Å²) >= 11 is 0. The number of nitrogens with zero attached hydrogens (tertiary/aromatic N) is 3. The summed E-state index contributed by atoms with van der Waals surface area (Å²) in [5.74, 6) is 4.63. The molecule has 0 radical (unpaired) electrons. The van der Waals surface area contributed by atoms with Crippen LogP contribution in [0.1, 0.15) is 26.3 Å². The lowest BCUT2D eigenvalue weighted by atomic mass is 10.2. The SMILES string of the molecule is CC(C)(C)OC(=O)N1CCN(C(=O)C#CC(C=Nc2ccc(C(F)(F)F)cc2)=CN)CC1. The zero-order valence-corrected chi connectivity index (χ0v) is 18.1. The molecule has 10 heteroatoms. The maximum absolute atomic E-state index is 12.6. The highest BCUT2D eigenvalue weighted by Gasteiger charge is 2.30. The number of alkyl halides is 3. The predicted molar refractivity (Wildman–Crippen MR) is 114 cm³/mol. The Morgan fingerprint density at radius 2 is 1.59 bits per heavy atom. The van der Waals surface area contributed by atoms with Crippen LogP contribution in [0, 0.1) is 11.8 Å². The fourth-order valence-corrected chi connectivity index (χ4v) is 2.62. The first-order valence-electron chi connectivity index (χ1n) is 9.81. The average molecular weight is 450 g/mol. The van der Waals surface area contributed by atoms with Crippen LogP contribution in [0.5, 0.6) is 0 Å². The molecule has 0 aliphatic carbocycles. The van der Waals surface area contributed by atoms with E-state index in [1.54, 1.807) is 20.8 Å². The topological polar surface area (TPSA) is 88.2 Å². The fourth-order valence-electron chi connectivity index (χ4n) is 2.62. The molecule has 0 saturated carbocycles.